The van der Waals surface area contributed by atoms with E-state index in [0.717, 1.165) is 6.42 Å². The summed E-state index contributed by atoms with van der Waals surface area (Å²) < 4.78 is 0. The molecule has 0 aromatic rings. The maximum Gasteiger partial charge on any atom is 0.257 e. The molecule has 0 spiro atoms. The molecule has 0 unspecified atom stereocenters. The predicted molar refractivity (Wildman–Crippen MR) is 81.4 cm³/mol. The first-order valence-corrected chi connectivity index (χ1v) is 7.38. The summed E-state index contributed by atoms with van der Waals surface area (Å²) in [7, 11) is 1.53. The van der Waals surface area contributed by atoms with Crippen molar-refractivity contribution in [3.05, 3.63) is 0 Å². The lowest BCUT2D eigenvalue weighted by atomic mass is 10.3. The van der Waals surface area contributed by atoms with Crippen LogP contribution in [0.3, 0.4) is 0 Å². The highest BCUT2D eigenvalue weighted by Crippen LogP contribution is 1.94. The number of rotatable bonds is 8. The van der Waals surface area contributed by atoms with Crippen molar-refractivity contribution in [1.29, 1.82) is 0 Å². The maximum atomic E-state index is 11.7. The third-order valence-corrected chi connectivity index (χ3v) is 2.89. The lowest BCUT2D eigenvalue weighted by molar-refractivity contribution is -0.137. The Balaban J connectivity index is 4.15. The molecule has 8 heteroatoms. The molecular formula is C14H26N4O4. The van der Waals surface area contributed by atoms with Crippen LogP contribution in [0.25, 0.3) is 0 Å². The Bertz CT molecular complexity index is 412. The minimum Gasteiger partial charge on any atom is -0.336 e. The van der Waals surface area contributed by atoms with Crippen molar-refractivity contribution in [3.63, 3.8) is 0 Å². The summed E-state index contributed by atoms with van der Waals surface area (Å²) in [6.07, 6.45) is 1.82. The Morgan fingerprint density at radius 3 is 1.91 bits per heavy atom. The van der Waals surface area contributed by atoms with Gasteiger partial charge in [0.2, 0.25) is 11.8 Å². The van der Waals surface area contributed by atoms with E-state index in [4.69, 9.17) is 0 Å². The third kappa shape index (κ3) is 8.23. The molecule has 0 aromatic heterocycles. The van der Waals surface area contributed by atoms with Gasteiger partial charge in [-0.05, 0) is 12.8 Å². The number of carbonyl (C=O) groups excluding carboxylic acids is 4. The predicted octanol–water partition coefficient (Wildman–Crippen LogP) is -0.349. The Labute approximate surface area is 131 Å². The Hall–Kier alpha value is -2.12. The molecule has 0 fully saturated rings. The normalized spacial score (nSPS) is 9.82. The summed E-state index contributed by atoms with van der Waals surface area (Å²) in [5.74, 6) is -1.31. The van der Waals surface area contributed by atoms with Gasteiger partial charge in [-0.15, -0.1) is 0 Å². The number of carbonyl (C=O) groups is 4. The highest BCUT2D eigenvalue weighted by atomic mass is 16.2. The van der Waals surface area contributed by atoms with Gasteiger partial charge in [-0.1, -0.05) is 13.8 Å². The van der Waals surface area contributed by atoms with Gasteiger partial charge >= 0.3 is 0 Å². The van der Waals surface area contributed by atoms with E-state index in [0.29, 0.717) is 19.4 Å². The summed E-state index contributed by atoms with van der Waals surface area (Å²) in [5, 5.41) is 0. The van der Waals surface area contributed by atoms with E-state index in [2.05, 4.69) is 10.9 Å². The van der Waals surface area contributed by atoms with E-state index in [1.807, 2.05) is 13.8 Å². The van der Waals surface area contributed by atoms with Gasteiger partial charge in [0.15, 0.2) is 0 Å². The van der Waals surface area contributed by atoms with E-state index in [-0.39, 0.29) is 24.9 Å². The molecule has 0 saturated heterocycles. The Kier molecular flexibility index (Phi) is 9.56. The molecule has 0 bridgehead atoms. The fourth-order valence-electron chi connectivity index (χ4n) is 1.72. The lowest BCUT2D eigenvalue weighted by Crippen LogP contribution is -2.50. The molecule has 0 rings (SSSR count). The van der Waals surface area contributed by atoms with Crippen LogP contribution in [0.15, 0.2) is 0 Å². The standard InChI is InChI=1S/C14H26N4O4/c1-5-7-14(22)17(4)9-12(20)15-16-13(21)10-18(8-6-2)11(3)19/h5-10H2,1-4H3,(H,15,20)(H,16,21). The van der Waals surface area contributed by atoms with Crippen LogP contribution >= 0.6 is 0 Å². The summed E-state index contributed by atoms with van der Waals surface area (Å²) in [5.41, 5.74) is 4.46. The zero-order chi connectivity index (χ0) is 17.1. The van der Waals surface area contributed by atoms with Crippen LogP contribution in [-0.4, -0.2) is 60.1 Å². The minimum atomic E-state index is -0.495. The van der Waals surface area contributed by atoms with Gasteiger partial charge in [0.25, 0.3) is 11.8 Å². The van der Waals surface area contributed by atoms with Gasteiger partial charge in [-0.3, -0.25) is 30.0 Å². The maximum absolute atomic E-state index is 11.7. The second kappa shape index (κ2) is 10.6. The van der Waals surface area contributed by atoms with E-state index < -0.39 is 11.8 Å². The number of likely N-dealkylation sites (N-methyl/N-ethyl adjacent to an activating group) is 1. The first-order chi connectivity index (χ1) is 10.3. The zero-order valence-electron chi connectivity index (χ0n) is 13.8. The van der Waals surface area contributed by atoms with Crippen LogP contribution in [0.2, 0.25) is 0 Å². The molecule has 0 aliphatic heterocycles. The molecule has 0 atom stereocenters. The Morgan fingerprint density at radius 2 is 1.45 bits per heavy atom. The Morgan fingerprint density at radius 1 is 0.909 bits per heavy atom. The topological polar surface area (TPSA) is 98.8 Å². The molecule has 0 aromatic carbocycles. The summed E-state index contributed by atoms with van der Waals surface area (Å²) >= 11 is 0. The lowest BCUT2D eigenvalue weighted by Gasteiger charge is -2.20. The van der Waals surface area contributed by atoms with Crippen molar-refractivity contribution in [1.82, 2.24) is 20.7 Å². The second-order valence-corrected chi connectivity index (χ2v) is 5.04. The van der Waals surface area contributed by atoms with Crippen LogP contribution in [-0.2, 0) is 19.2 Å². The van der Waals surface area contributed by atoms with Gasteiger partial charge in [-0.25, -0.2) is 0 Å². The second-order valence-electron chi connectivity index (χ2n) is 5.04. The van der Waals surface area contributed by atoms with Gasteiger partial charge < -0.3 is 9.80 Å². The SMILES string of the molecule is CCCC(=O)N(C)CC(=O)NNC(=O)CN(CCC)C(C)=O. The number of hydrogen-bond donors (Lipinski definition) is 2. The van der Waals surface area contributed by atoms with Crippen molar-refractivity contribution < 1.29 is 19.2 Å². The van der Waals surface area contributed by atoms with Crippen LogP contribution in [0.4, 0.5) is 0 Å². The number of hydrogen-bond acceptors (Lipinski definition) is 4. The summed E-state index contributed by atoms with van der Waals surface area (Å²) in [6.45, 7) is 5.39. The van der Waals surface area contributed by atoms with Crippen LogP contribution in [0.1, 0.15) is 40.0 Å². The molecule has 2 N–H and O–H groups in total. The first-order valence-electron chi connectivity index (χ1n) is 7.38. The molecule has 0 radical (unpaired) electrons. The van der Waals surface area contributed by atoms with E-state index >= 15 is 0 Å². The smallest absolute Gasteiger partial charge is 0.257 e. The van der Waals surface area contributed by atoms with E-state index in [1.54, 1.807) is 0 Å². The monoisotopic (exact) mass is 314 g/mol. The molecule has 0 heterocycles. The molecule has 126 valence electrons. The molecule has 0 aliphatic rings. The summed E-state index contributed by atoms with van der Waals surface area (Å²) in [4.78, 5) is 48.8. The zero-order valence-corrected chi connectivity index (χ0v) is 13.8. The molecule has 4 amide bonds. The fourth-order valence-corrected chi connectivity index (χ4v) is 1.72. The van der Waals surface area contributed by atoms with Gasteiger partial charge in [-0.2, -0.15) is 0 Å². The highest BCUT2D eigenvalue weighted by Gasteiger charge is 2.15. The highest BCUT2D eigenvalue weighted by molar-refractivity contribution is 5.88. The van der Waals surface area contributed by atoms with Crippen molar-refractivity contribution in [2.24, 2.45) is 0 Å². The summed E-state index contributed by atoms with van der Waals surface area (Å²) in [6, 6.07) is 0. The first kappa shape index (κ1) is 19.9. The fraction of sp³-hybridized carbons (Fsp3) is 0.714. The van der Waals surface area contributed by atoms with Crippen molar-refractivity contribution >= 4 is 23.6 Å². The largest absolute Gasteiger partial charge is 0.336 e. The van der Waals surface area contributed by atoms with Gasteiger partial charge in [0, 0.05) is 26.9 Å². The van der Waals surface area contributed by atoms with E-state index in [1.165, 1.54) is 23.8 Å². The molecule has 22 heavy (non-hydrogen) atoms. The van der Waals surface area contributed by atoms with E-state index in [9.17, 15) is 19.2 Å². The van der Waals surface area contributed by atoms with Crippen molar-refractivity contribution in [3.8, 4) is 0 Å². The quantitative estimate of drug-likeness (QED) is 0.598. The van der Waals surface area contributed by atoms with Gasteiger partial charge in [0.05, 0.1) is 0 Å². The molecular weight excluding hydrogens is 288 g/mol. The van der Waals surface area contributed by atoms with Crippen LogP contribution in [0.5, 0.6) is 0 Å². The number of nitrogens with one attached hydrogen (secondary N) is 2. The van der Waals surface area contributed by atoms with Crippen LogP contribution in [0, 0.1) is 0 Å². The molecule has 0 aliphatic carbocycles. The van der Waals surface area contributed by atoms with Crippen LogP contribution < -0.4 is 10.9 Å². The minimum absolute atomic E-state index is 0.117. The average molecular weight is 314 g/mol. The number of nitrogens with zero attached hydrogens (tertiary/aromatic N) is 2. The third-order valence-electron chi connectivity index (χ3n) is 2.89. The average Bonchev–Trinajstić information content (AvgIpc) is 2.44. The number of hydrazine groups is 1. The number of amides is 4. The van der Waals surface area contributed by atoms with Crippen molar-refractivity contribution in [2.45, 2.75) is 40.0 Å². The van der Waals surface area contributed by atoms with Gasteiger partial charge in [0.1, 0.15) is 13.1 Å². The van der Waals surface area contributed by atoms with Crippen molar-refractivity contribution in [2.75, 3.05) is 26.7 Å². The molecule has 0 saturated carbocycles. The molecule has 8 nitrogen and oxygen atoms in total.